The van der Waals surface area contributed by atoms with Crippen LogP contribution in [0.15, 0.2) is 27.9 Å². The molecule has 1 aliphatic rings. The van der Waals surface area contributed by atoms with E-state index >= 15 is 0 Å². The van der Waals surface area contributed by atoms with E-state index in [0.29, 0.717) is 15.7 Å². The number of halogens is 1. The average Bonchev–Trinajstić information content (AvgIpc) is 2.53. The number of carbonyl (C=O) groups is 3. The lowest BCUT2D eigenvalue weighted by Gasteiger charge is -2.29. The highest BCUT2D eigenvalue weighted by Gasteiger charge is 2.33. The minimum absolute atomic E-state index is 0.214. The highest BCUT2D eigenvalue weighted by Crippen LogP contribution is 2.39. The summed E-state index contributed by atoms with van der Waals surface area (Å²) in [7, 11) is 2.68. The number of allylic oxidation sites excluding steroid dienone is 1. The molecule has 25 heavy (non-hydrogen) atoms. The Morgan fingerprint density at radius 2 is 1.88 bits per heavy atom. The highest BCUT2D eigenvalue weighted by molar-refractivity contribution is 9.10. The molecule has 0 saturated carbocycles. The summed E-state index contributed by atoms with van der Waals surface area (Å²) in [6, 6.07) is 1.89. The standard InChI is InChI=1S/C16H17BrN2O6/c1-7-13(15(21)24-4)14(19-16(22)18-7)9-5-11(23-3)12(6-10(9)17)25-8(2)20/h5-6,14H,1-4H3,(H2,18,19,22). The minimum Gasteiger partial charge on any atom is -0.493 e. The van der Waals surface area contributed by atoms with Crippen LogP contribution in [0.5, 0.6) is 11.5 Å². The second-order valence-corrected chi connectivity index (χ2v) is 6.03. The van der Waals surface area contributed by atoms with Gasteiger partial charge in [0.25, 0.3) is 0 Å². The monoisotopic (exact) mass is 412 g/mol. The molecular formula is C16H17BrN2O6. The molecule has 9 heteroatoms. The lowest BCUT2D eigenvalue weighted by Crippen LogP contribution is -2.45. The van der Waals surface area contributed by atoms with Crippen molar-refractivity contribution in [2.24, 2.45) is 0 Å². The molecule has 1 atom stereocenters. The van der Waals surface area contributed by atoms with Crippen LogP contribution in [0.1, 0.15) is 25.5 Å². The second kappa shape index (κ2) is 7.56. The van der Waals surface area contributed by atoms with Crippen molar-refractivity contribution in [3.05, 3.63) is 33.4 Å². The topological polar surface area (TPSA) is 103 Å². The van der Waals surface area contributed by atoms with Crippen molar-refractivity contribution in [1.29, 1.82) is 0 Å². The minimum atomic E-state index is -0.768. The summed E-state index contributed by atoms with van der Waals surface area (Å²) >= 11 is 3.38. The van der Waals surface area contributed by atoms with E-state index in [9.17, 15) is 14.4 Å². The summed E-state index contributed by atoms with van der Waals surface area (Å²) in [6.45, 7) is 2.88. The van der Waals surface area contributed by atoms with Crippen LogP contribution in [0.4, 0.5) is 4.79 Å². The third-order valence-corrected chi connectivity index (χ3v) is 4.21. The predicted molar refractivity (Wildman–Crippen MR) is 91.1 cm³/mol. The Balaban J connectivity index is 2.58. The third kappa shape index (κ3) is 3.93. The Kier molecular flexibility index (Phi) is 5.68. The number of amides is 2. The molecule has 0 radical (unpaired) electrons. The molecule has 1 aromatic rings. The van der Waals surface area contributed by atoms with Gasteiger partial charge in [-0.25, -0.2) is 9.59 Å². The highest BCUT2D eigenvalue weighted by atomic mass is 79.9. The van der Waals surface area contributed by atoms with Gasteiger partial charge in [0.2, 0.25) is 0 Å². The smallest absolute Gasteiger partial charge is 0.337 e. The molecule has 1 aromatic carbocycles. The maximum Gasteiger partial charge on any atom is 0.337 e. The predicted octanol–water partition coefficient (Wildman–Crippen LogP) is 2.18. The molecule has 1 unspecified atom stereocenters. The van der Waals surface area contributed by atoms with Gasteiger partial charge >= 0.3 is 18.0 Å². The van der Waals surface area contributed by atoms with Crippen molar-refractivity contribution in [1.82, 2.24) is 10.6 Å². The van der Waals surface area contributed by atoms with Gasteiger partial charge in [-0.15, -0.1) is 0 Å². The van der Waals surface area contributed by atoms with Gasteiger partial charge in [-0.1, -0.05) is 15.9 Å². The van der Waals surface area contributed by atoms with Gasteiger partial charge in [-0.05, 0) is 24.6 Å². The summed E-state index contributed by atoms with van der Waals surface area (Å²) in [5.74, 6) is -0.585. The molecule has 1 heterocycles. The van der Waals surface area contributed by atoms with Crippen molar-refractivity contribution >= 4 is 33.9 Å². The van der Waals surface area contributed by atoms with Crippen LogP contribution >= 0.6 is 15.9 Å². The average molecular weight is 413 g/mol. The number of nitrogens with one attached hydrogen (secondary N) is 2. The Bertz CT molecular complexity index is 774. The molecule has 2 N–H and O–H groups in total. The number of ether oxygens (including phenoxy) is 3. The molecular weight excluding hydrogens is 396 g/mol. The normalized spacial score (nSPS) is 16.7. The summed E-state index contributed by atoms with van der Waals surface area (Å²) in [5.41, 5.74) is 1.18. The SMILES string of the molecule is COC(=O)C1=C(C)NC(=O)NC1c1cc(OC)c(OC(C)=O)cc1Br. The molecule has 2 amide bonds. The fourth-order valence-electron chi connectivity index (χ4n) is 2.47. The second-order valence-electron chi connectivity index (χ2n) is 5.18. The van der Waals surface area contributed by atoms with Crippen LogP contribution in [0.3, 0.4) is 0 Å². The van der Waals surface area contributed by atoms with E-state index in [2.05, 4.69) is 26.6 Å². The zero-order valence-electron chi connectivity index (χ0n) is 14.1. The Morgan fingerprint density at radius 1 is 1.20 bits per heavy atom. The lowest BCUT2D eigenvalue weighted by atomic mass is 9.95. The quantitative estimate of drug-likeness (QED) is 0.580. The fraction of sp³-hybridized carbons (Fsp3) is 0.312. The molecule has 1 aliphatic heterocycles. The number of carbonyl (C=O) groups excluding carboxylic acids is 3. The maximum absolute atomic E-state index is 12.2. The van der Waals surface area contributed by atoms with Crippen LogP contribution in [-0.2, 0) is 14.3 Å². The summed E-state index contributed by atoms with van der Waals surface area (Å²) in [4.78, 5) is 35.2. The largest absolute Gasteiger partial charge is 0.493 e. The van der Waals surface area contributed by atoms with Gasteiger partial charge in [0, 0.05) is 17.1 Å². The molecule has 8 nitrogen and oxygen atoms in total. The van der Waals surface area contributed by atoms with E-state index in [4.69, 9.17) is 14.2 Å². The molecule has 0 saturated heterocycles. The number of hydrogen-bond donors (Lipinski definition) is 2. The number of methoxy groups -OCH3 is 2. The van der Waals surface area contributed by atoms with Crippen LogP contribution in [-0.4, -0.2) is 32.2 Å². The van der Waals surface area contributed by atoms with E-state index in [1.807, 2.05) is 0 Å². The number of benzene rings is 1. The van der Waals surface area contributed by atoms with E-state index in [-0.39, 0.29) is 17.1 Å². The zero-order chi connectivity index (χ0) is 18.7. The number of urea groups is 1. The first-order valence-electron chi connectivity index (χ1n) is 7.21. The molecule has 0 spiro atoms. The first kappa shape index (κ1) is 18.8. The van der Waals surface area contributed by atoms with Crippen LogP contribution in [0.25, 0.3) is 0 Å². The van der Waals surface area contributed by atoms with Crippen molar-refractivity contribution in [3.63, 3.8) is 0 Å². The van der Waals surface area contributed by atoms with Gasteiger partial charge < -0.3 is 24.8 Å². The lowest BCUT2D eigenvalue weighted by molar-refractivity contribution is -0.136. The van der Waals surface area contributed by atoms with Gasteiger partial charge in [0.05, 0.1) is 25.8 Å². The molecule has 0 aliphatic carbocycles. The van der Waals surface area contributed by atoms with E-state index in [0.717, 1.165) is 0 Å². The van der Waals surface area contributed by atoms with E-state index in [1.165, 1.54) is 27.2 Å². The molecule has 0 fully saturated rings. The summed E-state index contributed by atoms with van der Waals surface area (Å²) in [6.07, 6.45) is 0. The van der Waals surface area contributed by atoms with Crippen molar-refractivity contribution in [3.8, 4) is 11.5 Å². The number of esters is 2. The van der Waals surface area contributed by atoms with Gasteiger partial charge in [0.1, 0.15) is 0 Å². The zero-order valence-corrected chi connectivity index (χ0v) is 15.6. The number of rotatable bonds is 4. The molecule has 0 aromatic heterocycles. The summed E-state index contributed by atoms with van der Waals surface area (Å²) < 4.78 is 15.7. The third-order valence-electron chi connectivity index (χ3n) is 3.52. The van der Waals surface area contributed by atoms with Crippen molar-refractivity contribution in [2.75, 3.05) is 14.2 Å². The van der Waals surface area contributed by atoms with Crippen molar-refractivity contribution in [2.45, 2.75) is 19.9 Å². The first-order chi connectivity index (χ1) is 11.8. The van der Waals surface area contributed by atoms with E-state index in [1.54, 1.807) is 13.0 Å². The first-order valence-corrected chi connectivity index (χ1v) is 8.00. The Morgan fingerprint density at radius 3 is 2.44 bits per heavy atom. The molecule has 0 bridgehead atoms. The molecule has 134 valence electrons. The van der Waals surface area contributed by atoms with Crippen molar-refractivity contribution < 1.29 is 28.6 Å². The van der Waals surface area contributed by atoms with Crippen LogP contribution in [0, 0.1) is 0 Å². The fourth-order valence-corrected chi connectivity index (χ4v) is 3.03. The van der Waals surface area contributed by atoms with Crippen LogP contribution in [0.2, 0.25) is 0 Å². The summed E-state index contributed by atoms with van der Waals surface area (Å²) in [5, 5.41) is 5.22. The molecule has 2 rings (SSSR count). The maximum atomic E-state index is 12.2. The van der Waals surface area contributed by atoms with Crippen LogP contribution < -0.4 is 20.1 Å². The Hall–Kier alpha value is -2.55. The van der Waals surface area contributed by atoms with Gasteiger partial charge in [-0.2, -0.15) is 0 Å². The van der Waals surface area contributed by atoms with E-state index < -0.39 is 24.0 Å². The number of hydrogen-bond acceptors (Lipinski definition) is 6. The van der Waals surface area contributed by atoms with Gasteiger partial charge in [0.15, 0.2) is 11.5 Å². The Labute approximate surface area is 152 Å². The van der Waals surface area contributed by atoms with Gasteiger partial charge in [-0.3, -0.25) is 4.79 Å².